The highest BCUT2D eigenvalue weighted by atomic mass is 19.1. The first kappa shape index (κ1) is 30.0. The molecule has 3 heterocycles. The second-order valence-corrected chi connectivity index (χ2v) is 11.8. The number of pyridine rings is 1. The normalized spacial score (nSPS) is 13.0. The minimum Gasteiger partial charge on any atom is -0.491 e. The van der Waals surface area contributed by atoms with Crippen molar-refractivity contribution in [1.82, 2.24) is 14.8 Å². The Hall–Kier alpha value is -4.47. The molecule has 8 nitrogen and oxygen atoms in total. The van der Waals surface area contributed by atoms with Crippen molar-refractivity contribution < 1.29 is 18.3 Å². The average Bonchev–Trinajstić information content (AvgIpc) is 3.31. The van der Waals surface area contributed by atoms with Gasteiger partial charge in [-0.3, -0.25) is 0 Å². The Labute approximate surface area is 250 Å². The van der Waals surface area contributed by atoms with Crippen LogP contribution in [0.25, 0.3) is 16.9 Å². The van der Waals surface area contributed by atoms with E-state index in [1.165, 1.54) is 6.07 Å². The molecule has 5 rings (SSSR count). The highest BCUT2D eigenvalue weighted by Crippen LogP contribution is 2.40. The van der Waals surface area contributed by atoms with Crippen molar-refractivity contribution >= 4 is 17.5 Å². The number of hydrogen-bond acceptors (Lipinski definition) is 5. The molecule has 0 fully saturated rings. The smallest absolute Gasteiger partial charge is 0.316 e. The molecule has 0 saturated carbocycles. The second kappa shape index (κ2) is 12.0. The number of primary amides is 1. The summed E-state index contributed by atoms with van der Waals surface area (Å²) in [5, 5.41) is 7.41. The number of aryl methyl sites for hydroxylation is 2. The SMILES string of the molecule is Cc1cc(NC(N)=O)c(F)cc1-c1c2c(nn1-c1c(C)cccc1OCC(C)C)CCN(c1ncc(C(C)C)cc1F)C2. The van der Waals surface area contributed by atoms with E-state index in [4.69, 9.17) is 15.6 Å². The number of urea groups is 1. The molecule has 43 heavy (non-hydrogen) atoms. The van der Waals surface area contributed by atoms with Gasteiger partial charge in [0.05, 0.1) is 23.7 Å². The van der Waals surface area contributed by atoms with Crippen molar-refractivity contribution in [3.05, 3.63) is 82.2 Å². The second-order valence-electron chi connectivity index (χ2n) is 11.8. The van der Waals surface area contributed by atoms with Gasteiger partial charge in [-0.15, -0.1) is 0 Å². The fraction of sp³-hybridized carbons (Fsp3) is 0.364. The highest BCUT2D eigenvalue weighted by molar-refractivity contribution is 5.89. The van der Waals surface area contributed by atoms with Gasteiger partial charge in [-0.05, 0) is 66.6 Å². The molecule has 0 radical (unpaired) electrons. The minimum atomic E-state index is -0.853. The zero-order chi connectivity index (χ0) is 31.0. The lowest BCUT2D eigenvalue weighted by Gasteiger charge is -2.28. The van der Waals surface area contributed by atoms with Crippen LogP contribution in [-0.2, 0) is 13.0 Å². The van der Waals surface area contributed by atoms with Gasteiger partial charge >= 0.3 is 6.03 Å². The summed E-state index contributed by atoms with van der Waals surface area (Å²) in [6.07, 6.45) is 2.26. The number of nitrogens with two attached hydrogens (primary N) is 1. The first-order chi connectivity index (χ1) is 20.4. The van der Waals surface area contributed by atoms with Gasteiger partial charge in [-0.2, -0.15) is 5.10 Å². The number of amides is 2. The molecule has 2 aromatic carbocycles. The monoisotopic (exact) mass is 588 g/mol. The number of halogens is 2. The van der Waals surface area contributed by atoms with Crippen LogP contribution < -0.4 is 20.7 Å². The van der Waals surface area contributed by atoms with Gasteiger partial charge in [0, 0.05) is 36.8 Å². The molecule has 0 saturated heterocycles. The predicted octanol–water partition coefficient (Wildman–Crippen LogP) is 7.04. The van der Waals surface area contributed by atoms with Gasteiger partial charge in [0.2, 0.25) is 0 Å². The van der Waals surface area contributed by atoms with Gasteiger partial charge in [0.1, 0.15) is 17.3 Å². The van der Waals surface area contributed by atoms with Crippen LogP contribution in [0.3, 0.4) is 0 Å². The van der Waals surface area contributed by atoms with Crippen LogP contribution in [0.5, 0.6) is 5.75 Å². The maximum atomic E-state index is 15.4. The maximum absolute atomic E-state index is 15.4. The van der Waals surface area contributed by atoms with Crippen molar-refractivity contribution in [2.24, 2.45) is 11.7 Å². The van der Waals surface area contributed by atoms with Crippen molar-refractivity contribution in [2.75, 3.05) is 23.4 Å². The summed E-state index contributed by atoms with van der Waals surface area (Å²) in [4.78, 5) is 17.9. The molecule has 0 spiro atoms. The lowest BCUT2D eigenvalue weighted by molar-refractivity contribution is 0.259. The maximum Gasteiger partial charge on any atom is 0.316 e. The number of nitrogens with one attached hydrogen (secondary N) is 1. The first-order valence-electron chi connectivity index (χ1n) is 14.6. The van der Waals surface area contributed by atoms with E-state index in [9.17, 15) is 4.79 Å². The Morgan fingerprint density at radius 3 is 2.53 bits per heavy atom. The van der Waals surface area contributed by atoms with Gasteiger partial charge in [0.15, 0.2) is 11.6 Å². The first-order valence-corrected chi connectivity index (χ1v) is 14.6. The van der Waals surface area contributed by atoms with Gasteiger partial charge < -0.3 is 20.7 Å². The van der Waals surface area contributed by atoms with E-state index in [0.29, 0.717) is 54.6 Å². The summed E-state index contributed by atoms with van der Waals surface area (Å²) < 4.78 is 38.8. The number of anilines is 2. The van der Waals surface area contributed by atoms with Crippen molar-refractivity contribution in [2.45, 2.75) is 60.4 Å². The Balaban J connectivity index is 1.70. The fourth-order valence-electron chi connectivity index (χ4n) is 5.43. The summed E-state index contributed by atoms with van der Waals surface area (Å²) in [5.74, 6) is 0.379. The molecule has 3 N–H and O–H groups in total. The molecule has 10 heteroatoms. The van der Waals surface area contributed by atoms with E-state index in [2.05, 4.69) is 24.1 Å². The molecule has 0 aliphatic carbocycles. The number of ether oxygens (including phenoxy) is 1. The van der Waals surface area contributed by atoms with E-state index in [1.54, 1.807) is 18.3 Å². The Kier molecular flexibility index (Phi) is 8.39. The predicted molar refractivity (Wildman–Crippen MR) is 165 cm³/mol. The Morgan fingerprint density at radius 1 is 1.09 bits per heavy atom. The van der Waals surface area contributed by atoms with Gasteiger partial charge in [-0.1, -0.05) is 39.8 Å². The van der Waals surface area contributed by atoms with E-state index >= 15 is 8.78 Å². The Morgan fingerprint density at radius 2 is 1.86 bits per heavy atom. The summed E-state index contributed by atoms with van der Waals surface area (Å²) in [6, 6.07) is 9.46. The molecular weight excluding hydrogens is 550 g/mol. The number of hydrogen-bond donors (Lipinski definition) is 2. The quantitative estimate of drug-likeness (QED) is 0.230. The molecule has 4 aromatic rings. The fourth-order valence-corrected chi connectivity index (χ4v) is 5.43. The zero-order valence-electron chi connectivity index (χ0n) is 25.5. The van der Waals surface area contributed by atoms with Crippen LogP contribution in [-0.4, -0.2) is 33.9 Å². The van der Waals surface area contributed by atoms with E-state index in [1.807, 2.05) is 55.5 Å². The Bertz CT molecular complexity index is 1680. The van der Waals surface area contributed by atoms with Crippen molar-refractivity contribution in [3.8, 4) is 22.7 Å². The third kappa shape index (κ3) is 6.04. The summed E-state index contributed by atoms with van der Waals surface area (Å²) in [6.45, 7) is 13.3. The number of aromatic nitrogens is 3. The van der Waals surface area contributed by atoms with Crippen LogP contribution in [0.4, 0.5) is 25.1 Å². The standard InChI is InChI=1S/C33H38F2N6O2/c1-18(2)17-43-29-9-7-8-20(5)30(29)41-31(23-14-25(34)28(12-21(23)6)38-33(36)42)24-16-40(11-10-27(24)39-41)32-26(35)13-22(15-37-32)19(3)4/h7-9,12-15,18-19H,10-11,16-17H2,1-6H3,(H3,36,38,42). The molecule has 0 atom stereocenters. The molecule has 2 amide bonds. The minimum absolute atomic E-state index is 0.0105. The topological polar surface area (TPSA) is 98.3 Å². The number of carbonyl (C=O) groups excluding carboxylic acids is 1. The van der Waals surface area contributed by atoms with E-state index in [0.717, 1.165) is 28.1 Å². The van der Waals surface area contributed by atoms with E-state index in [-0.39, 0.29) is 23.2 Å². The number of para-hydroxylation sites is 1. The number of fused-ring (bicyclic) bond motifs is 1. The van der Waals surface area contributed by atoms with Crippen LogP contribution in [0, 0.1) is 31.4 Å². The lowest BCUT2D eigenvalue weighted by atomic mass is 9.96. The largest absolute Gasteiger partial charge is 0.491 e. The average molecular weight is 589 g/mol. The van der Waals surface area contributed by atoms with Crippen molar-refractivity contribution in [3.63, 3.8) is 0 Å². The number of carbonyl (C=O) groups is 1. The molecule has 1 aliphatic rings. The van der Waals surface area contributed by atoms with Crippen LogP contribution in [0.15, 0.2) is 42.6 Å². The molecule has 0 unspecified atom stereocenters. The van der Waals surface area contributed by atoms with Crippen LogP contribution in [0.1, 0.15) is 61.6 Å². The zero-order valence-corrected chi connectivity index (χ0v) is 25.5. The molecule has 226 valence electrons. The third-order valence-electron chi connectivity index (χ3n) is 7.66. The number of benzene rings is 2. The molecule has 1 aliphatic heterocycles. The summed E-state index contributed by atoms with van der Waals surface area (Å²) in [5.41, 5.74) is 11.4. The molecular formula is C33H38F2N6O2. The van der Waals surface area contributed by atoms with E-state index < -0.39 is 11.8 Å². The van der Waals surface area contributed by atoms with Crippen LogP contribution in [0.2, 0.25) is 0 Å². The summed E-state index contributed by atoms with van der Waals surface area (Å²) >= 11 is 0. The highest BCUT2D eigenvalue weighted by Gasteiger charge is 2.30. The van der Waals surface area contributed by atoms with Gasteiger partial charge in [0.25, 0.3) is 0 Å². The third-order valence-corrected chi connectivity index (χ3v) is 7.66. The number of rotatable bonds is 8. The van der Waals surface area contributed by atoms with Gasteiger partial charge in [-0.25, -0.2) is 23.2 Å². The van der Waals surface area contributed by atoms with Crippen molar-refractivity contribution in [1.29, 1.82) is 0 Å². The number of nitrogens with zero attached hydrogens (tertiary/aromatic N) is 4. The van der Waals surface area contributed by atoms with Crippen LogP contribution >= 0.6 is 0 Å². The lowest BCUT2D eigenvalue weighted by Crippen LogP contribution is -2.31. The summed E-state index contributed by atoms with van der Waals surface area (Å²) in [7, 11) is 0. The molecule has 0 bridgehead atoms. The molecule has 2 aromatic heterocycles.